The topological polar surface area (TPSA) is 40.5 Å². The molecule has 0 amide bonds. The van der Waals surface area contributed by atoms with E-state index in [0.29, 0.717) is 5.46 Å². The molecule has 0 aliphatic rings. The molecule has 0 aliphatic carbocycles. The fraction of sp³-hybridized carbons (Fsp3) is 0.200. The Hall–Kier alpha value is -1.58. The SMILES string of the molecule is Cc1cc(-c2cccc(B(O)O)c2)cc(C)c1C. The Labute approximate surface area is 108 Å². The van der Waals surface area contributed by atoms with Gasteiger partial charge in [0, 0.05) is 0 Å². The van der Waals surface area contributed by atoms with Crippen LogP contribution in [0, 0.1) is 20.8 Å². The lowest BCUT2D eigenvalue weighted by molar-refractivity contribution is 0.426. The van der Waals surface area contributed by atoms with Crippen LogP contribution in [0.3, 0.4) is 0 Å². The summed E-state index contributed by atoms with van der Waals surface area (Å²) in [6.07, 6.45) is 0. The van der Waals surface area contributed by atoms with E-state index in [-0.39, 0.29) is 0 Å². The van der Waals surface area contributed by atoms with Crippen LogP contribution in [0.4, 0.5) is 0 Å². The third kappa shape index (κ3) is 2.47. The summed E-state index contributed by atoms with van der Waals surface area (Å²) in [5.74, 6) is 0. The second-order valence-corrected chi connectivity index (χ2v) is 4.73. The molecule has 0 unspecified atom stereocenters. The van der Waals surface area contributed by atoms with Gasteiger partial charge in [0.2, 0.25) is 0 Å². The van der Waals surface area contributed by atoms with E-state index in [0.717, 1.165) is 11.1 Å². The Bertz CT molecular complexity index is 553. The van der Waals surface area contributed by atoms with Crippen molar-refractivity contribution in [2.45, 2.75) is 20.8 Å². The van der Waals surface area contributed by atoms with Gasteiger partial charge in [-0.15, -0.1) is 0 Å². The third-order valence-corrected chi connectivity index (χ3v) is 3.45. The van der Waals surface area contributed by atoms with E-state index in [9.17, 15) is 10.0 Å². The van der Waals surface area contributed by atoms with E-state index >= 15 is 0 Å². The predicted molar refractivity (Wildman–Crippen MR) is 75.9 cm³/mol. The minimum Gasteiger partial charge on any atom is -0.423 e. The van der Waals surface area contributed by atoms with Crippen molar-refractivity contribution in [2.75, 3.05) is 0 Å². The van der Waals surface area contributed by atoms with Crippen molar-refractivity contribution in [2.24, 2.45) is 0 Å². The Kier molecular flexibility index (Phi) is 3.55. The van der Waals surface area contributed by atoms with E-state index < -0.39 is 7.12 Å². The number of aryl methyl sites for hydroxylation is 2. The molecule has 0 atom stereocenters. The van der Waals surface area contributed by atoms with Crippen LogP contribution in [0.25, 0.3) is 11.1 Å². The van der Waals surface area contributed by atoms with Crippen LogP contribution in [0.1, 0.15) is 16.7 Å². The van der Waals surface area contributed by atoms with Crippen LogP contribution in [0.5, 0.6) is 0 Å². The smallest absolute Gasteiger partial charge is 0.423 e. The summed E-state index contributed by atoms with van der Waals surface area (Å²) in [4.78, 5) is 0. The molecule has 18 heavy (non-hydrogen) atoms. The molecular formula is C15H17BO2. The minimum atomic E-state index is -1.42. The van der Waals surface area contributed by atoms with E-state index in [4.69, 9.17) is 0 Å². The Morgan fingerprint density at radius 1 is 0.833 bits per heavy atom. The fourth-order valence-corrected chi connectivity index (χ4v) is 2.08. The van der Waals surface area contributed by atoms with Gasteiger partial charge >= 0.3 is 7.12 Å². The van der Waals surface area contributed by atoms with E-state index in [2.05, 4.69) is 32.9 Å². The van der Waals surface area contributed by atoms with Gasteiger partial charge in [-0.3, -0.25) is 0 Å². The molecule has 0 fully saturated rings. The molecular weight excluding hydrogens is 223 g/mol. The van der Waals surface area contributed by atoms with Crippen LogP contribution in [-0.2, 0) is 0 Å². The van der Waals surface area contributed by atoms with Gasteiger partial charge in [0.1, 0.15) is 0 Å². The molecule has 0 radical (unpaired) electrons. The van der Waals surface area contributed by atoms with Crippen LogP contribution in [-0.4, -0.2) is 17.2 Å². The average Bonchev–Trinajstić information content (AvgIpc) is 2.35. The zero-order valence-corrected chi connectivity index (χ0v) is 10.9. The quantitative estimate of drug-likeness (QED) is 0.788. The Morgan fingerprint density at radius 2 is 1.44 bits per heavy atom. The highest BCUT2D eigenvalue weighted by Gasteiger charge is 2.11. The van der Waals surface area contributed by atoms with Gasteiger partial charge < -0.3 is 10.0 Å². The Balaban J connectivity index is 2.52. The fourth-order valence-electron chi connectivity index (χ4n) is 2.08. The van der Waals surface area contributed by atoms with Gasteiger partial charge in [-0.1, -0.05) is 36.4 Å². The maximum Gasteiger partial charge on any atom is 0.488 e. The summed E-state index contributed by atoms with van der Waals surface area (Å²) in [5.41, 5.74) is 6.44. The standard InChI is InChI=1S/C15H17BO2/c1-10-7-14(8-11(2)12(10)3)13-5-4-6-15(9-13)16(17)18/h4-9,17-18H,1-3H3. The summed E-state index contributed by atoms with van der Waals surface area (Å²) in [7, 11) is -1.42. The number of rotatable bonds is 2. The Morgan fingerprint density at radius 3 is 2.00 bits per heavy atom. The lowest BCUT2D eigenvalue weighted by atomic mass is 9.79. The zero-order chi connectivity index (χ0) is 13.3. The first-order valence-corrected chi connectivity index (χ1v) is 6.03. The molecule has 0 spiro atoms. The van der Waals surface area contributed by atoms with Crippen molar-refractivity contribution >= 4 is 12.6 Å². The van der Waals surface area contributed by atoms with Crippen molar-refractivity contribution in [1.82, 2.24) is 0 Å². The van der Waals surface area contributed by atoms with Gasteiger partial charge in [0.05, 0.1) is 0 Å². The summed E-state index contributed by atoms with van der Waals surface area (Å²) in [5, 5.41) is 18.4. The molecule has 0 saturated heterocycles. The highest BCUT2D eigenvalue weighted by Crippen LogP contribution is 2.24. The first-order valence-electron chi connectivity index (χ1n) is 6.03. The summed E-state index contributed by atoms with van der Waals surface area (Å²) >= 11 is 0. The average molecular weight is 240 g/mol. The van der Waals surface area contributed by atoms with Crippen LogP contribution in [0.15, 0.2) is 36.4 Å². The van der Waals surface area contributed by atoms with Crippen molar-refractivity contribution in [3.63, 3.8) is 0 Å². The molecule has 0 heterocycles. The predicted octanol–water partition coefficient (Wildman–Crippen LogP) is 1.96. The van der Waals surface area contributed by atoms with Crippen molar-refractivity contribution in [3.05, 3.63) is 53.1 Å². The maximum absolute atomic E-state index is 9.20. The maximum atomic E-state index is 9.20. The molecule has 2 rings (SSSR count). The first-order chi connectivity index (χ1) is 8.49. The highest BCUT2D eigenvalue weighted by atomic mass is 16.4. The van der Waals surface area contributed by atoms with Crippen LogP contribution < -0.4 is 5.46 Å². The lowest BCUT2D eigenvalue weighted by Gasteiger charge is -2.10. The van der Waals surface area contributed by atoms with E-state index in [1.807, 2.05) is 18.2 Å². The van der Waals surface area contributed by atoms with Gasteiger partial charge in [0.15, 0.2) is 0 Å². The molecule has 2 aromatic rings. The first kappa shape index (κ1) is 12.9. The van der Waals surface area contributed by atoms with Gasteiger partial charge in [-0.05, 0) is 54.1 Å². The molecule has 0 aliphatic heterocycles. The lowest BCUT2D eigenvalue weighted by Crippen LogP contribution is -2.29. The van der Waals surface area contributed by atoms with Crippen molar-refractivity contribution < 1.29 is 10.0 Å². The molecule has 0 aromatic heterocycles. The minimum absolute atomic E-state index is 0.517. The van der Waals surface area contributed by atoms with Gasteiger partial charge in [-0.25, -0.2) is 0 Å². The second-order valence-electron chi connectivity index (χ2n) is 4.73. The largest absolute Gasteiger partial charge is 0.488 e. The molecule has 2 N–H and O–H groups in total. The summed E-state index contributed by atoms with van der Waals surface area (Å²) in [6, 6.07) is 11.6. The zero-order valence-electron chi connectivity index (χ0n) is 10.9. The van der Waals surface area contributed by atoms with Crippen LogP contribution in [0.2, 0.25) is 0 Å². The molecule has 0 bridgehead atoms. The van der Waals surface area contributed by atoms with Gasteiger partial charge in [0.25, 0.3) is 0 Å². The van der Waals surface area contributed by atoms with E-state index in [1.54, 1.807) is 6.07 Å². The molecule has 2 aromatic carbocycles. The molecule has 2 nitrogen and oxygen atoms in total. The second kappa shape index (κ2) is 4.97. The molecule has 3 heteroatoms. The number of benzene rings is 2. The monoisotopic (exact) mass is 240 g/mol. The number of hydrogen-bond donors (Lipinski definition) is 2. The summed E-state index contributed by atoms with van der Waals surface area (Å²) < 4.78 is 0. The third-order valence-electron chi connectivity index (χ3n) is 3.45. The van der Waals surface area contributed by atoms with Crippen molar-refractivity contribution in [3.8, 4) is 11.1 Å². The summed E-state index contributed by atoms with van der Waals surface area (Å²) in [6.45, 7) is 6.30. The number of hydrogen-bond acceptors (Lipinski definition) is 2. The highest BCUT2D eigenvalue weighted by molar-refractivity contribution is 6.58. The van der Waals surface area contributed by atoms with E-state index in [1.165, 1.54) is 16.7 Å². The normalized spacial score (nSPS) is 10.5. The molecule has 92 valence electrons. The van der Waals surface area contributed by atoms with Gasteiger partial charge in [-0.2, -0.15) is 0 Å². The van der Waals surface area contributed by atoms with Crippen LogP contribution >= 0.6 is 0 Å². The molecule has 0 saturated carbocycles. The van der Waals surface area contributed by atoms with Crippen molar-refractivity contribution in [1.29, 1.82) is 0 Å².